The second kappa shape index (κ2) is 9.27. The van der Waals surface area contributed by atoms with Gasteiger partial charge in [0.2, 0.25) is 0 Å². The Morgan fingerprint density at radius 1 is 0.909 bits per heavy atom. The van der Waals surface area contributed by atoms with Gasteiger partial charge in [-0.15, -0.1) is 0 Å². The van der Waals surface area contributed by atoms with Crippen LogP contribution in [0.3, 0.4) is 0 Å². The maximum Gasteiger partial charge on any atom is 0.00102 e. The van der Waals surface area contributed by atoms with Gasteiger partial charge in [0.15, 0.2) is 0 Å². The van der Waals surface area contributed by atoms with Crippen LogP contribution in [0.5, 0.6) is 0 Å². The summed E-state index contributed by atoms with van der Waals surface area (Å²) >= 11 is 0. The molecular formula is C20H42N2. The SMILES string of the molecule is CCC(C)C1(C)CCCNC1.CCC1(C(C)C)CCCNC1. The number of piperidine rings is 2. The topological polar surface area (TPSA) is 24.1 Å². The average molecular weight is 311 g/mol. The number of rotatable bonds is 4. The van der Waals surface area contributed by atoms with Crippen molar-refractivity contribution in [3.05, 3.63) is 0 Å². The highest BCUT2D eigenvalue weighted by molar-refractivity contribution is 4.86. The Labute approximate surface area is 140 Å². The number of hydrogen-bond donors (Lipinski definition) is 2. The van der Waals surface area contributed by atoms with Crippen molar-refractivity contribution in [1.82, 2.24) is 10.6 Å². The minimum Gasteiger partial charge on any atom is -0.316 e. The van der Waals surface area contributed by atoms with Gasteiger partial charge in [0.25, 0.3) is 0 Å². The first kappa shape index (κ1) is 20.0. The van der Waals surface area contributed by atoms with E-state index in [1.807, 2.05) is 0 Å². The molecule has 0 radical (unpaired) electrons. The molecule has 0 aliphatic carbocycles. The quantitative estimate of drug-likeness (QED) is 0.776. The van der Waals surface area contributed by atoms with Crippen molar-refractivity contribution in [2.75, 3.05) is 26.2 Å². The minimum absolute atomic E-state index is 0.576. The molecule has 22 heavy (non-hydrogen) atoms. The molecule has 132 valence electrons. The van der Waals surface area contributed by atoms with Crippen molar-refractivity contribution in [3.8, 4) is 0 Å². The van der Waals surface area contributed by atoms with Gasteiger partial charge in [-0.25, -0.2) is 0 Å². The summed E-state index contributed by atoms with van der Waals surface area (Å²) in [6.07, 6.45) is 8.21. The molecule has 2 nitrogen and oxygen atoms in total. The molecule has 2 heteroatoms. The van der Waals surface area contributed by atoms with Crippen molar-refractivity contribution in [1.29, 1.82) is 0 Å². The van der Waals surface area contributed by atoms with Gasteiger partial charge >= 0.3 is 0 Å². The highest BCUT2D eigenvalue weighted by atomic mass is 14.9. The molecule has 2 N–H and O–H groups in total. The molecule has 0 aromatic carbocycles. The fraction of sp³-hybridized carbons (Fsp3) is 1.00. The van der Waals surface area contributed by atoms with Crippen LogP contribution in [0.15, 0.2) is 0 Å². The van der Waals surface area contributed by atoms with Crippen LogP contribution in [0.25, 0.3) is 0 Å². The summed E-state index contributed by atoms with van der Waals surface area (Å²) in [6, 6.07) is 0. The van der Waals surface area contributed by atoms with Crippen LogP contribution in [-0.2, 0) is 0 Å². The van der Waals surface area contributed by atoms with E-state index in [1.165, 1.54) is 64.7 Å². The van der Waals surface area contributed by atoms with E-state index in [0.717, 1.165) is 11.8 Å². The van der Waals surface area contributed by atoms with E-state index in [9.17, 15) is 0 Å². The molecule has 3 atom stereocenters. The third-order valence-electron chi connectivity index (χ3n) is 6.87. The lowest BCUT2D eigenvalue weighted by molar-refractivity contribution is 0.129. The summed E-state index contributed by atoms with van der Waals surface area (Å²) in [7, 11) is 0. The highest BCUT2D eigenvalue weighted by Gasteiger charge is 2.33. The van der Waals surface area contributed by atoms with Gasteiger partial charge in [0.1, 0.15) is 0 Å². The Balaban J connectivity index is 0.000000220. The molecule has 0 amide bonds. The van der Waals surface area contributed by atoms with E-state index in [-0.39, 0.29) is 0 Å². The van der Waals surface area contributed by atoms with E-state index >= 15 is 0 Å². The van der Waals surface area contributed by atoms with Crippen LogP contribution >= 0.6 is 0 Å². The van der Waals surface area contributed by atoms with E-state index < -0.39 is 0 Å². The van der Waals surface area contributed by atoms with Crippen molar-refractivity contribution >= 4 is 0 Å². The van der Waals surface area contributed by atoms with Gasteiger partial charge in [-0.05, 0) is 67.9 Å². The first-order valence-corrected chi connectivity index (χ1v) is 9.81. The summed E-state index contributed by atoms with van der Waals surface area (Å²) in [5, 5.41) is 7.00. The highest BCUT2D eigenvalue weighted by Crippen LogP contribution is 2.37. The van der Waals surface area contributed by atoms with Crippen LogP contribution in [0.2, 0.25) is 0 Å². The van der Waals surface area contributed by atoms with Crippen molar-refractivity contribution in [2.24, 2.45) is 22.7 Å². The van der Waals surface area contributed by atoms with E-state index in [4.69, 9.17) is 0 Å². The predicted molar refractivity (Wildman–Crippen MR) is 99.3 cm³/mol. The smallest absolute Gasteiger partial charge is 0.00102 e. The molecule has 0 spiro atoms. The van der Waals surface area contributed by atoms with Gasteiger partial charge in [-0.2, -0.15) is 0 Å². The van der Waals surface area contributed by atoms with Crippen molar-refractivity contribution < 1.29 is 0 Å². The average Bonchev–Trinajstić information content (AvgIpc) is 2.55. The molecule has 2 heterocycles. The summed E-state index contributed by atoms with van der Waals surface area (Å²) < 4.78 is 0. The molecule has 2 rings (SSSR count). The minimum atomic E-state index is 0.576. The van der Waals surface area contributed by atoms with Crippen LogP contribution in [0.4, 0.5) is 0 Å². The lowest BCUT2D eigenvalue weighted by Crippen LogP contribution is -2.42. The summed E-state index contributed by atoms with van der Waals surface area (Å²) in [4.78, 5) is 0. The molecular weight excluding hydrogens is 268 g/mol. The van der Waals surface area contributed by atoms with Crippen LogP contribution < -0.4 is 10.6 Å². The van der Waals surface area contributed by atoms with Gasteiger partial charge in [0.05, 0.1) is 0 Å². The third-order valence-corrected chi connectivity index (χ3v) is 6.87. The Hall–Kier alpha value is -0.0800. The largest absolute Gasteiger partial charge is 0.316 e. The summed E-state index contributed by atoms with van der Waals surface area (Å²) in [6.45, 7) is 19.1. The molecule has 0 aromatic heterocycles. The Morgan fingerprint density at radius 3 is 1.82 bits per heavy atom. The maximum absolute atomic E-state index is 3.51. The molecule has 0 bridgehead atoms. The molecule has 2 aliphatic rings. The standard InChI is InChI=1S/2C10H21N/c1-4-9(2)10(3)6-5-7-11-8-10;1-4-10(9(2)3)6-5-7-11-8-10/h2*9,11H,4-8H2,1-3H3. The third kappa shape index (κ3) is 5.23. The number of nitrogens with one attached hydrogen (secondary N) is 2. The van der Waals surface area contributed by atoms with Crippen LogP contribution in [0.1, 0.15) is 80.1 Å². The monoisotopic (exact) mass is 310 g/mol. The Morgan fingerprint density at radius 2 is 1.50 bits per heavy atom. The van der Waals surface area contributed by atoms with Crippen LogP contribution in [-0.4, -0.2) is 26.2 Å². The molecule has 0 saturated carbocycles. The van der Waals surface area contributed by atoms with Crippen LogP contribution in [0, 0.1) is 22.7 Å². The zero-order valence-corrected chi connectivity index (χ0v) is 16.2. The van der Waals surface area contributed by atoms with Gasteiger partial charge in [0, 0.05) is 13.1 Å². The van der Waals surface area contributed by atoms with Gasteiger partial charge in [-0.1, -0.05) is 48.0 Å². The second-order valence-electron chi connectivity index (χ2n) is 8.39. The van der Waals surface area contributed by atoms with E-state index in [0.29, 0.717) is 10.8 Å². The van der Waals surface area contributed by atoms with E-state index in [2.05, 4.69) is 52.2 Å². The molecule has 0 aromatic rings. The predicted octanol–water partition coefficient (Wildman–Crippen LogP) is 4.84. The molecule has 2 aliphatic heterocycles. The zero-order chi connectivity index (χ0) is 16.6. The van der Waals surface area contributed by atoms with Gasteiger partial charge in [-0.3, -0.25) is 0 Å². The lowest BCUT2D eigenvalue weighted by atomic mass is 9.70. The first-order valence-electron chi connectivity index (χ1n) is 9.81. The Bertz CT molecular complexity index is 286. The lowest BCUT2D eigenvalue weighted by Gasteiger charge is -2.40. The van der Waals surface area contributed by atoms with E-state index in [1.54, 1.807) is 0 Å². The Kier molecular flexibility index (Phi) is 8.42. The number of hydrogen-bond acceptors (Lipinski definition) is 2. The van der Waals surface area contributed by atoms with Crippen molar-refractivity contribution in [3.63, 3.8) is 0 Å². The molecule has 3 unspecified atom stereocenters. The van der Waals surface area contributed by atoms with Gasteiger partial charge < -0.3 is 10.6 Å². The fourth-order valence-electron chi connectivity index (χ4n) is 4.19. The summed E-state index contributed by atoms with van der Waals surface area (Å²) in [5.41, 5.74) is 1.19. The molecule has 2 saturated heterocycles. The first-order chi connectivity index (χ1) is 10.4. The summed E-state index contributed by atoms with van der Waals surface area (Å²) in [5.74, 6) is 1.70. The zero-order valence-electron chi connectivity index (χ0n) is 16.2. The normalized spacial score (nSPS) is 34.0. The second-order valence-corrected chi connectivity index (χ2v) is 8.39. The fourth-order valence-corrected chi connectivity index (χ4v) is 4.19. The maximum atomic E-state index is 3.51. The van der Waals surface area contributed by atoms with Crippen molar-refractivity contribution in [2.45, 2.75) is 80.1 Å². The molecule has 2 fully saturated rings.